The fourth-order valence-electron chi connectivity index (χ4n) is 5.95. The van der Waals surface area contributed by atoms with Gasteiger partial charge >= 0.3 is 0 Å². The minimum absolute atomic E-state index is 0.0701. The van der Waals surface area contributed by atoms with Crippen molar-refractivity contribution in [3.8, 4) is 0 Å². The van der Waals surface area contributed by atoms with Crippen molar-refractivity contribution in [2.24, 2.45) is 16.7 Å². The molecule has 0 aliphatic heterocycles. The molecule has 2 bridgehead atoms. The third-order valence-corrected chi connectivity index (χ3v) is 13.3. The monoisotopic (exact) mass is 494 g/mol. The summed E-state index contributed by atoms with van der Waals surface area (Å²) in [4.78, 5) is 15.5. The fourth-order valence-corrected chi connectivity index (χ4v) is 12.0. The first-order valence-electron chi connectivity index (χ1n) is 11.7. The van der Waals surface area contributed by atoms with E-state index in [0.29, 0.717) is 12.8 Å². The number of ketones is 1. The van der Waals surface area contributed by atoms with Gasteiger partial charge in [0.25, 0.3) is 10.1 Å². The number of hydrogen-bond donors (Lipinski definition) is 0. The SMILES string of the molecule is CC1(C)[C@@H]2CC[C@@]1(CS(=O)(=O)OS(c1ccccc1)(c1ccccc1)c1ccccc1)C(=O)C2. The Labute approximate surface area is 204 Å². The van der Waals surface area contributed by atoms with Crippen LogP contribution in [0.5, 0.6) is 0 Å². The topological polar surface area (TPSA) is 60.4 Å². The zero-order valence-corrected chi connectivity index (χ0v) is 21.1. The van der Waals surface area contributed by atoms with Crippen LogP contribution >= 0.6 is 10.3 Å². The number of carbonyl (C=O) groups is 1. The molecule has 0 N–H and O–H groups in total. The molecule has 2 aliphatic carbocycles. The average molecular weight is 495 g/mol. The van der Waals surface area contributed by atoms with Gasteiger partial charge in [0.05, 0.1) is 11.2 Å². The molecule has 2 saturated carbocycles. The largest absolute Gasteiger partial charge is 0.299 e. The van der Waals surface area contributed by atoms with Crippen LogP contribution in [0.25, 0.3) is 0 Å². The highest BCUT2D eigenvalue weighted by molar-refractivity contribution is 8.33. The molecule has 2 aliphatic rings. The van der Waals surface area contributed by atoms with Crippen LogP contribution < -0.4 is 0 Å². The highest BCUT2D eigenvalue weighted by Gasteiger charge is 2.65. The predicted octanol–water partition coefficient (Wildman–Crippen LogP) is 6.63. The molecule has 34 heavy (non-hydrogen) atoms. The summed E-state index contributed by atoms with van der Waals surface area (Å²) < 4.78 is 34.4. The van der Waals surface area contributed by atoms with Crippen LogP contribution in [0.1, 0.15) is 33.1 Å². The lowest BCUT2D eigenvalue weighted by Gasteiger charge is -2.41. The van der Waals surface area contributed by atoms with Crippen LogP contribution in [0, 0.1) is 16.7 Å². The Morgan fingerprint density at radius 2 is 1.24 bits per heavy atom. The van der Waals surface area contributed by atoms with Gasteiger partial charge in [-0.05, 0) is 70.9 Å². The van der Waals surface area contributed by atoms with Crippen LogP contribution in [0.2, 0.25) is 0 Å². The Morgan fingerprint density at radius 1 is 0.794 bits per heavy atom. The molecule has 2 fully saturated rings. The molecule has 0 heterocycles. The van der Waals surface area contributed by atoms with E-state index < -0.39 is 25.8 Å². The molecule has 0 amide bonds. The highest BCUT2D eigenvalue weighted by Crippen LogP contribution is 2.71. The van der Waals surface area contributed by atoms with Crippen molar-refractivity contribution in [3.05, 3.63) is 91.0 Å². The van der Waals surface area contributed by atoms with Crippen LogP contribution in [-0.4, -0.2) is 20.0 Å². The summed E-state index contributed by atoms with van der Waals surface area (Å²) in [7, 11) is -6.71. The summed E-state index contributed by atoms with van der Waals surface area (Å²) in [6.45, 7) is 4.10. The summed E-state index contributed by atoms with van der Waals surface area (Å²) in [5, 5.41) is 0. The maximum atomic E-state index is 14.0. The van der Waals surface area contributed by atoms with E-state index in [1.54, 1.807) is 0 Å². The first-order chi connectivity index (χ1) is 16.2. The molecule has 6 heteroatoms. The molecule has 178 valence electrons. The molecule has 4 nitrogen and oxygen atoms in total. The van der Waals surface area contributed by atoms with E-state index >= 15 is 0 Å². The quantitative estimate of drug-likeness (QED) is 0.370. The smallest absolute Gasteiger partial charge is 0.278 e. The molecule has 3 aromatic rings. The molecular formula is C28H30O4S2. The Morgan fingerprint density at radius 3 is 1.59 bits per heavy atom. The van der Waals surface area contributed by atoms with Crippen molar-refractivity contribution in [2.75, 3.05) is 5.75 Å². The molecule has 3 aromatic carbocycles. The van der Waals surface area contributed by atoms with Crippen LogP contribution in [-0.2, 0) is 18.5 Å². The highest BCUT2D eigenvalue weighted by atomic mass is 32.3. The third kappa shape index (κ3) is 3.55. The van der Waals surface area contributed by atoms with Gasteiger partial charge in [-0.25, -0.2) is 3.63 Å². The number of Topliss-reactive ketones (excluding diaryl/α,β-unsaturated/α-hetero) is 1. The van der Waals surface area contributed by atoms with Crippen molar-refractivity contribution in [2.45, 2.75) is 47.8 Å². The molecule has 0 unspecified atom stereocenters. The number of carbonyl (C=O) groups excluding carboxylic acids is 1. The summed E-state index contributed by atoms with van der Waals surface area (Å²) in [5.41, 5.74) is -1.24. The average Bonchev–Trinajstić information content (AvgIpc) is 3.18. The molecule has 2 atom stereocenters. The first kappa shape index (κ1) is 23.3. The van der Waals surface area contributed by atoms with E-state index in [2.05, 4.69) is 13.8 Å². The minimum Gasteiger partial charge on any atom is -0.299 e. The Kier molecular flexibility index (Phi) is 5.74. The van der Waals surface area contributed by atoms with Crippen molar-refractivity contribution >= 4 is 26.2 Å². The Balaban J connectivity index is 1.67. The molecular weight excluding hydrogens is 464 g/mol. The lowest BCUT2D eigenvalue weighted by molar-refractivity contribution is -0.128. The van der Waals surface area contributed by atoms with Gasteiger partial charge in [0, 0.05) is 21.1 Å². The molecule has 0 radical (unpaired) electrons. The van der Waals surface area contributed by atoms with Crippen LogP contribution in [0.3, 0.4) is 0 Å². The first-order valence-corrected chi connectivity index (χ1v) is 14.8. The van der Waals surface area contributed by atoms with Gasteiger partial charge in [-0.2, -0.15) is 8.42 Å². The second-order valence-electron chi connectivity index (χ2n) is 9.93. The van der Waals surface area contributed by atoms with Gasteiger partial charge < -0.3 is 0 Å². The van der Waals surface area contributed by atoms with Gasteiger partial charge in [-0.3, -0.25) is 4.79 Å². The van der Waals surface area contributed by atoms with E-state index in [-0.39, 0.29) is 22.9 Å². The Bertz CT molecular complexity index is 1190. The molecule has 0 saturated heterocycles. The molecule has 0 spiro atoms. The van der Waals surface area contributed by atoms with Gasteiger partial charge in [0.2, 0.25) is 0 Å². The predicted molar refractivity (Wildman–Crippen MR) is 135 cm³/mol. The zero-order valence-electron chi connectivity index (χ0n) is 19.5. The van der Waals surface area contributed by atoms with Gasteiger partial charge in [-0.15, -0.1) is 0 Å². The minimum atomic E-state index is -4.10. The summed E-state index contributed by atoms with van der Waals surface area (Å²) >= 11 is 0. The van der Waals surface area contributed by atoms with Crippen molar-refractivity contribution < 1.29 is 16.8 Å². The zero-order chi connectivity index (χ0) is 24.0. The summed E-state index contributed by atoms with van der Waals surface area (Å²) in [5.74, 6) is 0.0363. The van der Waals surface area contributed by atoms with E-state index in [1.165, 1.54) is 0 Å². The van der Waals surface area contributed by atoms with Crippen LogP contribution in [0.4, 0.5) is 0 Å². The van der Waals surface area contributed by atoms with Crippen molar-refractivity contribution in [3.63, 3.8) is 0 Å². The maximum Gasteiger partial charge on any atom is 0.278 e. The summed E-state index contributed by atoms with van der Waals surface area (Å²) in [6.07, 6.45) is 1.97. The van der Waals surface area contributed by atoms with Gasteiger partial charge in [0.15, 0.2) is 0 Å². The van der Waals surface area contributed by atoms with E-state index in [1.807, 2.05) is 91.0 Å². The van der Waals surface area contributed by atoms with Crippen molar-refractivity contribution in [1.82, 2.24) is 0 Å². The van der Waals surface area contributed by atoms with Gasteiger partial charge in [-0.1, -0.05) is 68.4 Å². The number of fused-ring (bicyclic) bond motifs is 2. The second-order valence-corrected chi connectivity index (χ2v) is 14.4. The fraction of sp³-hybridized carbons (Fsp3) is 0.321. The Hall–Kier alpha value is -2.41. The lowest BCUT2D eigenvalue weighted by Crippen LogP contribution is -2.42. The standard InChI is InChI=1S/C28H30O4S2/c1-27(2)22-18-19-28(27,26(29)20-22)21-33(30,31)32-34(23-12-6-3-7-13-23,24-14-8-4-9-15-24)25-16-10-5-11-17-25/h3-17,22H,18-21H2,1-2H3/t22-,28-/m1/s1. The normalized spacial score (nSPS) is 24.3. The molecule has 5 rings (SSSR count). The van der Waals surface area contributed by atoms with Gasteiger partial charge in [0.1, 0.15) is 5.78 Å². The van der Waals surface area contributed by atoms with Crippen molar-refractivity contribution in [1.29, 1.82) is 0 Å². The molecule has 0 aromatic heterocycles. The van der Waals surface area contributed by atoms with E-state index in [0.717, 1.165) is 21.1 Å². The number of benzene rings is 3. The summed E-state index contributed by atoms with van der Waals surface area (Å²) in [6, 6.07) is 28.7. The third-order valence-electron chi connectivity index (χ3n) is 7.99. The van der Waals surface area contributed by atoms with Crippen LogP contribution in [0.15, 0.2) is 106 Å². The maximum absolute atomic E-state index is 14.0. The van der Waals surface area contributed by atoms with E-state index in [4.69, 9.17) is 3.63 Å². The number of rotatable bonds is 7. The lowest BCUT2D eigenvalue weighted by atomic mass is 9.70. The number of hydrogen-bond acceptors (Lipinski definition) is 4. The van der Waals surface area contributed by atoms with E-state index in [9.17, 15) is 13.2 Å². The second kappa shape index (κ2) is 8.36.